The van der Waals surface area contributed by atoms with Gasteiger partial charge in [-0.15, -0.1) is 0 Å². The van der Waals surface area contributed by atoms with Gasteiger partial charge in [-0.3, -0.25) is 4.90 Å². The molecule has 1 unspecified atom stereocenters. The van der Waals surface area contributed by atoms with Crippen LogP contribution in [0, 0.1) is 5.92 Å². The molecule has 3 nitrogen and oxygen atoms in total. The Labute approximate surface area is 124 Å². The second-order valence-corrected chi connectivity index (χ2v) is 5.89. The van der Waals surface area contributed by atoms with Gasteiger partial charge in [-0.25, -0.2) is 4.98 Å². The summed E-state index contributed by atoms with van der Waals surface area (Å²) >= 11 is 6.30. The molecule has 106 valence electrons. The van der Waals surface area contributed by atoms with Gasteiger partial charge in [0.1, 0.15) is 5.15 Å². The van der Waals surface area contributed by atoms with Gasteiger partial charge >= 0.3 is 0 Å². The lowest BCUT2D eigenvalue weighted by molar-refractivity contribution is 0.249. The zero-order valence-corrected chi connectivity index (χ0v) is 12.2. The summed E-state index contributed by atoms with van der Waals surface area (Å²) < 4.78 is 0. The minimum atomic E-state index is 0.288. The lowest BCUT2D eigenvalue weighted by atomic mass is 10.1. The summed E-state index contributed by atoms with van der Waals surface area (Å²) in [6.07, 6.45) is 2.07. The monoisotopic (exact) mass is 290 g/mol. The molecule has 0 amide bonds. The van der Waals surface area contributed by atoms with Crippen LogP contribution in [0.3, 0.4) is 0 Å². The molecule has 0 bridgehead atoms. The van der Waals surface area contributed by atoms with Crippen LogP contribution in [0.4, 0.5) is 0 Å². The number of benzene rings is 1. The zero-order valence-electron chi connectivity index (χ0n) is 11.4. The molecule has 1 aromatic carbocycles. The van der Waals surface area contributed by atoms with E-state index in [4.69, 9.17) is 16.7 Å². The van der Waals surface area contributed by atoms with E-state index in [0.29, 0.717) is 11.1 Å². The van der Waals surface area contributed by atoms with Gasteiger partial charge in [-0.2, -0.15) is 0 Å². The Morgan fingerprint density at radius 2 is 2.20 bits per heavy atom. The van der Waals surface area contributed by atoms with Gasteiger partial charge in [-0.1, -0.05) is 29.8 Å². The molecule has 0 aliphatic carbocycles. The van der Waals surface area contributed by atoms with Crippen LogP contribution in [0.5, 0.6) is 0 Å². The number of aromatic nitrogens is 1. The van der Waals surface area contributed by atoms with Crippen molar-refractivity contribution >= 4 is 22.5 Å². The fourth-order valence-corrected chi connectivity index (χ4v) is 3.17. The van der Waals surface area contributed by atoms with Crippen LogP contribution in [0.15, 0.2) is 30.3 Å². The molecule has 20 heavy (non-hydrogen) atoms. The lowest BCUT2D eigenvalue weighted by Gasteiger charge is -2.17. The van der Waals surface area contributed by atoms with Crippen LogP contribution < -0.4 is 0 Å². The third kappa shape index (κ3) is 2.95. The molecule has 0 spiro atoms. The molecule has 1 aliphatic rings. The number of hydrogen-bond donors (Lipinski definition) is 1. The third-order valence-corrected chi connectivity index (χ3v) is 4.38. The Bertz CT molecular complexity index is 602. The number of hydrogen-bond acceptors (Lipinski definition) is 3. The van der Waals surface area contributed by atoms with Gasteiger partial charge in [0, 0.05) is 30.6 Å². The van der Waals surface area contributed by atoms with Gasteiger partial charge in [0.25, 0.3) is 0 Å². The Balaban J connectivity index is 1.76. The van der Waals surface area contributed by atoms with Gasteiger partial charge in [0.2, 0.25) is 0 Å². The lowest BCUT2D eigenvalue weighted by Crippen LogP contribution is -2.20. The van der Waals surface area contributed by atoms with Crippen molar-refractivity contribution in [3.8, 4) is 0 Å². The number of para-hydroxylation sites is 1. The number of aliphatic hydroxyl groups is 1. The molecule has 1 aliphatic heterocycles. The average molecular weight is 291 g/mol. The molecule has 4 heteroatoms. The first-order chi connectivity index (χ1) is 9.76. The SMILES string of the molecule is OCCC1CCN(Cc2cc3ccccc3nc2Cl)C1. The molecule has 2 aromatic rings. The van der Waals surface area contributed by atoms with E-state index in [0.717, 1.165) is 42.5 Å². The van der Waals surface area contributed by atoms with E-state index in [2.05, 4.69) is 22.0 Å². The average Bonchev–Trinajstić information content (AvgIpc) is 2.87. The highest BCUT2D eigenvalue weighted by Crippen LogP contribution is 2.25. The number of likely N-dealkylation sites (tertiary alicyclic amines) is 1. The van der Waals surface area contributed by atoms with E-state index in [1.807, 2.05) is 18.2 Å². The maximum atomic E-state index is 9.02. The van der Waals surface area contributed by atoms with Crippen molar-refractivity contribution in [1.29, 1.82) is 0 Å². The van der Waals surface area contributed by atoms with E-state index in [9.17, 15) is 0 Å². The van der Waals surface area contributed by atoms with E-state index >= 15 is 0 Å². The van der Waals surface area contributed by atoms with Crippen molar-refractivity contribution in [2.45, 2.75) is 19.4 Å². The molecule has 1 saturated heterocycles. The maximum absolute atomic E-state index is 9.02. The van der Waals surface area contributed by atoms with Crippen molar-refractivity contribution in [2.24, 2.45) is 5.92 Å². The molecule has 2 heterocycles. The van der Waals surface area contributed by atoms with Crippen molar-refractivity contribution < 1.29 is 5.11 Å². The predicted molar refractivity (Wildman–Crippen MR) is 81.8 cm³/mol. The zero-order chi connectivity index (χ0) is 13.9. The van der Waals surface area contributed by atoms with Gasteiger partial charge in [-0.05, 0) is 37.4 Å². The molecule has 1 atom stereocenters. The van der Waals surface area contributed by atoms with Crippen LogP contribution in [-0.2, 0) is 6.54 Å². The second-order valence-electron chi connectivity index (χ2n) is 5.53. The topological polar surface area (TPSA) is 36.4 Å². The van der Waals surface area contributed by atoms with Crippen LogP contribution in [-0.4, -0.2) is 34.7 Å². The normalized spacial score (nSPS) is 19.8. The number of pyridine rings is 1. The first-order valence-corrected chi connectivity index (χ1v) is 7.51. The van der Waals surface area contributed by atoms with Crippen LogP contribution >= 0.6 is 11.6 Å². The number of nitrogens with zero attached hydrogens (tertiary/aromatic N) is 2. The number of rotatable bonds is 4. The highest BCUT2D eigenvalue weighted by molar-refractivity contribution is 6.30. The van der Waals surface area contributed by atoms with Gasteiger partial charge < -0.3 is 5.11 Å². The van der Waals surface area contributed by atoms with Gasteiger partial charge in [0.05, 0.1) is 5.52 Å². The van der Waals surface area contributed by atoms with Crippen LogP contribution in [0.25, 0.3) is 10.9 Å². The molecular weight excluding hydrogens is 272 g/mol. The van der Waals surface area contributed by atoms with Crippen molar-refractivity contribution in [2.75, 3.05) is 19.7 Å². The smallest absolute Gasteiger partial charge is 0.134 e. The molecule has 0 saturated carbocycles. The summed E-state index contributed by atoms with van der Waals surface area (Å²) in [5.41, 5.74) is 2.04. The van der Waals surface area contributed by atoms with E-state index in [1.165, 1.54) is 6.42 Å². The first kappa shape index (κ1) is 13.8. The first-order valence-electron chi connectivity index (χ1n) is 7.13. The van der Waals surface area contributed by atoms with Crippen molar-refractivity contribution in [1.82, 2.24) is 9.88 Å². The second kappa shape index (κ2) is 6.08. The summed E-state index contributed by atoms with van der Waals surface area (Å²) in [7, 11) is 0. The minimum Gasteiger partial charge on any atom is -0.396 e. The predicted octanol–water partition coefficient (Wildman–Crippen LogP) is 3.09. The van der Waals surface area contributed by atoms with E-state index in [1.54, 1.807) is 0 Å². The Morgan fingerprint density at radius 3 is 3.05 bits per heavy atom. The Hall–Kier alpha value is -1.16. The highest BCUT2D eigenvalue weighted by atomic mass is 35.5. The number of aliphatic hydroxyl groups excluding tert-OH is 1. The number of fused-ring (bicyclic) bond motifs is 1. The summed E-state index contributed by atoms with van der Waals surface area (Å²) in [6.45, 7) is 3.26. The number of halogens is 1. The maximum Gasteiger partial charge on any atom is 0.134 e. The quantitative estimate of drug-likeness (QED) is 0.879. The summed E-state index contributed by atoms with van der Waals surface area (Å²) in [5, 5.41) is 10.8. The van der Waals surface area contributed by atoms with E-state index in [-0.39, 0.29) is 6.61 Å². The minimum absolute atomic E-state index is 0.288. The largest absolute Gasteiger partial charge is 0.396 e. The molecule has 3 rings (SSSR count). The van der Waals surface area contributed by atoms with Crippen LogP contribution in [0.2, 0.25) is 5.15 Å². The fourth-order valence-electron chi connectivity index (χ4n) is 2.96. The van der Waals surface area contributed by atoms with E-state index < -0.39 is 0 Å². The standard InChI is InChI=1S/C16H19ClN2O/c17-16-14(9-13-3-1-2-4-15(13)18-16)11-19-7-5-12(10-19)6-8-20/h1-4,9,12,20H,5-8,10-11H2. The summed E-state index contributed by atoms with van der Waals surface area (Å²) in [6, 6.07) is 10.2. The summed E-state index contributed by atoms with van der Waals surface area (Å²) in [4.78, 5) is 6.87. The third-order valence-electron chi connectivity index (χ3n) is 4.05. The fraction of sp³-hybridized carbons (Fsp3) is 0.438. The molecule has 0 radical (unpaired) electrons. The summed E-state index contributed by atoms with van der Waals surface area (Å²) in [5.74, 6) is 0.618. The Kier molecular flexibility index (Phi) is 4.20. The van der Waals surface area contributed by atoms with Gasteiger partial charge in [0.15, 0.2) is 0 Å². The molecule has 1 aromatic heterocycles. The van der Waals surface area contributed by atoms with Crippen LogP contribution in [0.1, 0.15) is 18.4 Å². The van der Waals surface area contributed by atoms with Crippen molar-refractivity contribution in [3.05, 3.63) is 41.0 Å². The molecular formula is C16H19ClN2O. The highest BCUT2D eigenvalue weighted by Gasteiger charge is 2.22. The Morgan fingerprint density at radius 1 is 1.35 bits per heavy atom. The molecule has 1 N–H and O–H groups in total. The van der Waals surface area contributed by atoms with Crippen molar-refractivity contribution in [3.63, 3.8) is 0 Å². The molecule has 1 fully saturated rings.